The maximum atomic E-state index is 12.3. The highest BCUT2D eigenvalue weighted by Crippen LogP contribution is 2.32. The van der Waals surface area contributed by atoms with E-state index in [4.69, 9.17) is 4.74 Å². The Bertz CT molecular complexity index is 723. The highest BCUT2D eigenvalue weighted by molar-refractivity contribution is 6.08. The molecule has 24 heavy (non-hydrogen) atoms. The molecule has 1 aromatic carbocycles. The van der Waals surface area contributed by atoms with Gasteiger partial charge in [-0.05, 0) is 18.6 Å². The second-order valence-corrected chi connectivity index (χ2v) is 6.20. The van der Waals surface area contributed by atoms with E-state index in [1.165, 1.54) is 12.1 Å². The molecule has 0 fully saturated rings. The van der Waals surface area contributed by atoms with E-state index in [-0.39, 0.29) is 11.3 Å². The van der Waals surface area contributed by atoms with Crippen LogP contribution in [-0.2, 0) is 4.79 Å². The van der Waals surface area contributed by atoms with Gasteiger partial charge in [-0.3, -0.25) is 14.9 Å². The summed E-state index contributed by atoms with van der Waals surface area (Å²) in [6.45, 7) is 7.07. The van der Waals surface area contributed by atoms with E-state index in [2.05, 4.69) is 0 Å². The second-order valence-electron chi connectivity index (χ2n) is 6.20. The quantitative estimate of drug-likeness (QED) is 0.279. The Kier molecular flexibility index (Phi) is 6.07. The molecule has 1 N–H and O–H groups in total. The lowest BCUT2D eigenvalue weighted by Gasteiger charge is -2.16. The maximum Gasteiger partial charge on any atom is 0.284 e. The molecule has 0 atom stereocenters. The van der Waals surface area contributed by atoms with Crippen LogP contribution in [0.5, 0.6) is 5.75 Å². The molecule has 0 aliphatic carbocycles. The first-order chi connectivity index (χ1) is 11.1. The Morgan fingerprint density at radius 1 is 1.42 bits per heavy atom. The van der Waals surface area contributed by atoms with Crippen LogP contribution in [-0.4, -0.2) is 22.4 Å². The van der Waals surface area contributed by atoms with Crippen LogP contribution in [0.3, 0.4) is 0 Å². The van der Waals surface area contributed by atoms with Crippen LogP contribution in [0.4, 0.5) is 5.69 Å². The van der Waals surface area contributed by atoms with E-state index in [9.17, 15) is 25.3 Å². The second kappa shape index (κ2) is 7.59. The molecular weight excluding hydrogens is 312 g/mol. The normalized spacial score (nSPS) is 12.1. The average Bonchev–Trinajstić information content (AvgIpc) is 2.52. The number of allylic oxidation sites excluding steroid dienone is 1. The van der Waals surface area contributed by atoms with Crippen LogP contribution >= 0.6 is 0 Å². The topological polar surface area (TPSA) is 113 Å². The zero-order valence-corrected chi connectivity index (χ0v) is 14.1. The molecule has 7 heteroatoms. The van der Waals surface area contributed by atoms with E-state index in [1.807, 2.05) is 6.92 Å². The third-order valence-corrected chi connectivity index (χ3v) is 3.15. The Labute approximate surface area is 140 Å². The largest absolute Gasteiger partial charge is 0.506 e. The van der Waals surface area contributed by atoms with Gasteiger partial charge in [0, 0.05) is 5.41 Å². The molecule has 0 saturated heterocycles. The van der Waals surface area contributed by atoms with Crippen molar-refractivity contribution in [3.63, 3.8) is 0 Å². The summed E-state index contributed by atoms with van der Waals surface area (Å²) < 4.78 is 5.34. The van der Waals surface area contributed by atoms with Gasteiger partial charge >= 0.3 is 0 Å². The fraction of sp³-hybridized carbons (Fsp3) is 0.412. The summed E-state index contributed by atoms with van der Waals surface area (Å²) in [4.78, 5) is 22.8. The molecule has 0 aliphatic rings. The molecule has 0 spiro atoms. The number of aliphatic hydroxyl groups excluding tert-OH is 1. The van der Waals surface area contributed by atoms with Gasteiger partial charge in [-0.2, -0.15) is 5.26 Å². The van der Waals surface area contributed by atoms with Crippen molar-refractivity contribution in [3.05, 3.63) is 39.4 Å². The van der Waals surface area contributed by atoms with Crippen molar-refractivity contribution in [1.29, 1.82) is 5.26 Å². The van der Waals surface area contributed by atoms with Gasteiger partial charge in [0.2, 0.25) is 0 Å². The highest BCUT2D eigenvalue weighted by Gasteiger charge is 2.30. The fourth-order valence-corrected chi connectivity index (χ4v) is 1.89. The van der Waals surface area contributed by atoms with Gasteiger partial charge in [0.1, 0.15) is 17.4 Å². The lowest BCUT2D eigenvalue weighted by atomic mass is 9.85. The van der Waals surface area contributed by atoms with Gasteiger partial charge in [-0.1, -0.05) is 27.7 Å². The minimum Gasteiger partial charge on any atom is -0.506 e. The molecular formula is C17H20N2O5. The number of carbonyl (C=O) groups is 1. The van der Waals surface area contributed by atoms with E-state index in [0.717, 1.165) is 12.5 Å². The molecule has 0 aromatic heterocycles. The molecule has 128 valence electrons. The third-order valence-electron chi connectivity index (χ3n) is 3.15. The summed E-state index contributed by atoms with van der Waals surface area (Å²) in [6, 6.07) is 5.53. The van der Waals surface area contributed by atoms with Crippen molar-refractivity contribution in [3.8, 4) is 11.8 Å². The highest BCUT2D eigenvalue weighted by atomic mass is 16.6. The number of nitrogens with zero attached hydrogens (tertiary/aromatic N) is 2. The number of rotatable bonds is 6. The fourth-order valence-electron chi connectivity index (χ4n) is 1.89. The third kappa shape index (κ3) is 4.32. The lowest BCUT2D eigenvalue weighted by Crippen LogP contribution is -2.22. The van der Waals surface area contributed by atoms with Crippen molar-refractivity contribution in [2.75, 3.05) is 6.61 Å². The minimum absolute atomic E-state index is 0.196. The molecule has 0 radical (unpaired) electrons. The first-order valence-electron chi connectivity index (χ1n) is 7.43. The van der Waals surface area contributed by atoms with Crippen LogP contribution in [0, 0.1) is 26.9 Å². The molecule has 1 rings (SSSR count). The van der Waals surface area contributed by atoms with Crippen LogP contribution in [0.2, 0.25) is 0 Å². The Balaban J connectivity index is 3.48. The number of ether oxygens (including phenoxy) is 1. The van der Waals surface area contributed by atoms with E-state index in [0.29, 0.717) is 6.61 Å². The number of benzene rings is 1. The van der Waals surface area contributed by atoms with E-state index in [1.54, 1.807) is 26.8 Å². The molecule has 1 aromatic rings. The SMILES string of the molecule is CCCOc1ccc(C(O)=C(C#N)C(=O)C(C)(C)C)c([N+](=O)[O-])c1. The average molecular weight is 332 g/mol. The zero-order chi connectivity index (χ0) is 18.5. The number of nitriles is 1. The van der Waals surface area contributed by atoms with Crippen molar-refractivity contribution >= 4 is 17.2 Å². The van der Waals surface area contributed by atoms with Crippen molar-refractivity contribution in [2.45, 2.75) is 34.1 Å². The van der Waals surface area contributed by atoms with Crippen LogP contribution in [0.15, 0.2) is 23.8 Å². The first-order valence-corrected chi connectivity index (χ1v) is 7.43. The summed E-state index contributed by atoms with van der Waals surface area (Å²) in [5.41, 5.74) is -2.04. The number of Topliss-reactive ketones (excluding diaryl/α,β-unsaturated/α-hetero) is 1. The Hall–Kier alpha value is -2.88. The van der Waals surface area contributed by atoms with Gasteiger partial charge in [-0.25, -0.2) is 0 Å². The van der Waals surface area contributed by atoms with Gasteiger partial charge < -0.3 is 9.84 Å². The number of nitro benzene ring substituents is 1. The number of ketones is 1. The van der Waals surface area contributed by atoms with Crippen LogP contribution in [0.25, 0.3) is 5.76 Å². The van der Waals surface area contributed by atoms with Gasteiger partial charge in [0.15, 0.2) is 11.5 Å². The predicted octanol–water partition coefficient (Wildman–Crippen LogP) is 3.79. The molecule has 0 amide bonds. The van der Waals surface area contributed by atoms with E-state index >= 15 is 0 Å². The predicted molar refractivity (Wildman–Crippen MR) is 88.5 cm³/mol. The standard InChI is InChI=1S/C17H20N2O5/c1-5-8-24-11-6-7-12(14(9-11)19(22)23)15(20)13(10-18)16(21)17(2,3)4/h6-7,9,20H,5,8H2,1-4H3. The Morgan fingerprint density at radius 2 is 2.04 bits per heavy atom. The van der Waals surface area contributed by atoms with Crippen LogP contribution in [0.1, 0.15) is 39.7 Å². The number of hydrogen-bond donors (Lipinski definition) is 1. The minimum atomic E-state index is -0.905. The summed E-state index contributed by atoms with van der Waals surface area (Å²) >= 11 is 0. The zero-order valence-electron chi connectivity index (χ0n) is 14.1. The summed E-state index contributed by atoms with van der Waals surface area (Å²) in [6.07, 6.45) is 0.735. The lowest BCUT2D eigenvalue weighted by molar-refractivity contribution is -0.385. The van der Waals surface area contributed by atoms with Crippen molar-refractivity contribution < 1.29 is 19.6 Å². The van der Waals surface area contributed by atoms with Crippen LogP contribution < -0.4 is 4.74 Å². The van der Waals surface area contributed by atoms with Gasteiger partial charge in [0.25, 0.3) is 5.69 Å². The smallest absolute Gasteiger partial charge is 0.284 e. The molecule has 0 bridgehead atoms. The molecule has 0 saturated carbocycles. The van der Waals surface area contributed by atoms with Crippen molar-refractivity contribution in [1.82, 2.24) is 0 Å². The monoisotopic (exact) mass is 332 g/mol. The number of carbonyl (C=O) groups excluding carboxylic acids is 1. The van der Waals surface area contributed by atoms with E-state index < -0.39 is 33.1 Å². The number of aliphatic hydroxyl groups is 1. The Morgan fingerprint density at radius 3 is 2.50 bits per heavy atom. The number of nitro groups is 1. The molecule has 7 nitrogen and oxygen atoms in total. The van der Waals surface area contributed by atoms with Gasteiger partial charge in [-0.15, -0.1) is 0 Å². The molecule has 0 unspecified atom stereocenters. The molecule has 0 heterocycles. The first kappa shape index (κ1) is 19.2. The summed E-state index contributed by atoms with van der Waals surface area (Å²) in [5, 5.41) is 30.8. The number of hydrogen-bond acceptors (Lipinski definition) is 6. The summed E-state index contributed by atoms with van der Waals surface area (Å²) in [5.74, 6) is -1.02. The summed E-state index contributed by atoms with van der Waals surface area (Å²) in [7, 11) is 0. The maximum absolute atomic E-state index is 12.3. The van der Waals surface area contributed by atoms with Crippen molar-refractivity contribution in [2.24, 2.45) is 5.41 Å². The van der Waals surface area contributed by atoms with Gasteiger partial charge in [0.05, 0.1) is 23.2 Å². The molecule has 0 aliphatic heterocycles.